The molecule has 2 aromatic carbocycles. The molecule has 1 aliphatic carbocycles. The molecule has 0 radical (unpaired) electrons. The minimum absolute atomic E-state index is 0.113. The lowest BCUT2D eigenvalue weighted by Crippen LogP contribution is -2.29. The lowest BCUT2D eigenvalue weighted by Gasteiger charge is -2.18. The Bertz CT molecular complexity index is 764. The molecule has 5 heteroatoms. The predicted octanol–water partition coefficient (Wildman–Crippen LogP) is 4.22. The Hall–Kier alpha value is -1.85. The maximum Gasteiger partial charge on any atom is 0.176 e. The van der Waals surface area contributed by atoms with E-state index in [9.17, 15) is 14.3 Å². The number of hydrogen-bond donors (Lipinski definition) is 1. The van der Waals surface area contributed by atoms with E-state index in [1.54, 1.807) is 24.3 Å². The molecule has 0 bridgehead atoms. The van der Waals surface area contributed by atoms with Gasteiger partial charge in [0, 0.05) is 28.8 Å². The summed E-state index contributed by atoms with van der Waals surface area (Å²) in [6.45, 7) is 2.41. The van der Waals surface area contributed by atoms with Crippen LogP contribution in [0, 0.1) is 17.7 Å². The summed E-state index contributed by atoms with van der Waals surface area (Å²) >= 11 is 1.85. The SMILES string of the molecule is O=C(CN1C[C@H]2CC(Sc3ccc(F)cc3)C[C@H]2C1)c1ccc(O)cc1. The summed E-state index contributed by atoms with van der Waals surface area (Å²) in [6, 6.07) is 13.2. The summed E-state index contributed by atoms with van der Waals surface area (Å²) in [5.41, 5.74) is 0.657. The molecular weight excluding hydrogens is 349 g/mol. The predicted molar refractivity (Wildman–Crippen MR) is 101 cm³/mol. The number of phenols is 1. The van der Waals surface area contributed by atoms with Crippen molar-refractivity contribution in [2.45, 2.75) is 23.0 Å². The molecule has 1 unspecified atom stereocenters. The topological polar surface area (TPSA) is 40.5 Å². The third kappa shape index (κ3) is 3.94. The first-order chi connectivity index (χ1) is 12.6. The highest BCUT2D eigenvalue weighted by Gasteiger charge is 2.41. The van der Waals surface area contributed by atoms with Gasteiger partial charge in [-0.15, -0.1) is 11.8 Å². The van der Waals surface area contributed by atoms with Gasteiger partial charge in [-0.1, -0.05) is 0 Å². The molecule has 0 spiro atoms. The summed E-state index contributed by atoms with van der Waals surface area (Å²) < 4.78 is 13.0. The van der Waals surface area contributed by atoms with Crippen molar-refractivity contribution < 1.29 is 14.3 Å². The van der Waals surface area contributed by atoms with Crippen LogP contribution in [0.25, 0.3) is 0 Å². The molecule has 2 aromatic rings. The summed E-state index contributed by atoms with van der Waals surface area (Å²) in [4.78, 5) is 15.8. The maximum atomic E-state index is 13.0. The normalized spacial score (nSPS) is 25.3. The zero-order chi connectivity index (χ0) is 18.1. The number of aromatic hydroxyl groups is 1. The van der Waals surface area contributed by atoms with E-state index in [0.29, 0.717) is 29.2 Å². The zero-order valence-electron chi connectivity index (χ0n) is 14.5. The van der Waals surface area contributed by atoms with Crippen LogP contribution in [0.5, 0.6) is 5.75 Å². The number of phenolic OH excluding ortho intramolecular Hbond substituents is 1. The van der Waals surface area contributed by atoms with Crippen molar-refractivity contribution in [2.24, 2.45) is 11.8 Å². The first-order valence-electron chi connectivity index (χ1n) is 9.03. The molecule has 2 fully saturated rings. The second-order valence-electron chi connectivity index (χ2n) is 7.35. The summed E-state index contributed by atoms with van der Waals surface area (Å²) in [5.74, 6) is 1.41. The smallest absolute Gasteiger partial charge is 0.176 e. The van der Waals surface area contributed by atoms with Gasteiger partial charge in [0.1, 0.15) is 11.6 Å². The average Bonchev–Trinajstić information content (AvgIpc) is 3.15. The largest absolute Gasteiger partial charge is 0.508 e. The number of thioether (sulfide) groups is 1. The van der Waals surface area contributed by atoms with Crippen LogP contribution >= 0.6 is 11.8 Å². The number of rotatable bonds is 5. The van der Waals surface area contributed by atoms with Gasteiger partial charge < -0.3 is 5.11 Å². The minimum atomic E-state index is -0.188. The average molecular weight is 371 g/mol. The summed E-state index contributed by atoms with van der Waals surface area (Å²) in [5, 5.41) is 9.92. The van der Waals surface area contributed by atoms with Gasteiger partial charge in [-0.3, -0.25) is 9.69 Å². The fourth-order valence-corrected chi connectivity index (χ4v) is 5.58. The summed E-state index contributed by atoms with van der Waals surface area (Å²) in [6.07, 6.45) is 2.33. The standard InChI is InChI=1S/C21H22FNO2S/c22-17-3-7-19(8-4-17)26-20-9-15-11-23(12-16(15)10-20)13-21(25)14-1-5-18(24)6-2-14/h1-8,15-16,20,24H,9-13H2/t15-,16+,20?. The monoisotopic (exact) mass is 371 g/mol. The van der Waals surface area contributed by atoms with E-state index in [1.165, 1.54) is 12.1 Å². The molecule has 0 amide bonds. The Labute approximate surface area is 157 Å². The molecule has 3 nitrogen and oxygen atoms in total. The second kappa shape index (κ2) is 7.41. The first kappa shape index (κ1) is 17.6. The van der Waals surface area contributed by atoms with Gasteiger partial charge in [0.2, 0.25) is 0 Å². The Morgan fingerprint density at radius 3 is 2.27 bits per heavy atom. The van der Waals surface area contributed by atoms with Crippen LogP contribution in [0.4, 0.5) is 4.39 Å². The fraction of sp³-hybridized carbons (Fsp3) is 0.381. The molecule has 1 heterocycles. The Morgan fingerprint density at radius 1 is 1.04 bits per heavy atom. The number of nitrogens with zero attached hydrogens (tertiary/aromatic N) is 1. The minimum Gasteiger partial charge on any atom is -0.508 e. The highest BCUT2D eigenvalue weighted by atomic mass is 32.2. The van der Waals surface area contributed by atoms with Crippen molar-refractivity contribution in [1.82, 2.24) is 4.90 Å². The molecular formula is C21H22FNO2S. The number of halogens is 1. The summed E-state index contributed by atoms with van der Waals surface area (Å²) in [7, 11) is 0. The number of fused-ring (bicyclic) bond motifs is 1. The molecule has 1 aliphatic heterocycles. The molecule has 26 heavy (non-hydrogen) atoms. The van der Waals surface area contributed by atoms with Crippen LogP contribution in [-0.2, 0) is 0 Å². The Balaban J connectivity index is 1.28. The van der Waals surface area contributed by atoms with Crippen LogP contribution in [0.3, 0.4) is 0 Å². The van der Waals surface area contributed by atoms with E-state index < -0.39 is 0 Å². The van der Waals surface area contributed by atoms with Gasteiger partial charge in [0.05, 0.1) is 6.54 Å². The molecule has 0 aromatic heterocycles. The van der Waals surface area contributed by atoms with Crippen LogP contribution in [0.2, 0.25) is 0 Å². The van der Waals surface area contributed by atoms with Gasteiger partial charge in [-0.25, -0.2) is 4.39 Å². The van der Waals surface area contributed by atoms with Crippen LogP contribution in [0.15, 0.2) is 53.4 Å². The van der Waals surface area contributed by atoms with Gasteiger partial charge in [-0.05, 0) is 73.2 Å². The van der Waals surface area contributed by atoms with Crippen LogP contribution in [-0.4, -0.2) is 40.7 Å². The molecule has 136 valence electrons. The van der Waals surface area contributed by atoms with Gasteiger partial charge in [-0.2, -0.15) is 0 Å². The third-order valence-corrected chi connectivity index (χ3v) is 6.72. The van der Waals surface area contributed by atoms with Crippen LogP contribution in [0.1, 0.15) is 23.2 Å². The van der Waals surface area contributed by atoms with Crippen molar-refractivity contribution in [1.29, 1.82) is 0 Å². The third-order valence-electron chi connectivity index (χ3n) is 5.46. The van der Waals surface area contributed by atoms with Crippen LogP contribution < -0.4 is 0 Å². The molecule has 1 saturated heterocycles. The highest BCUT2D eigenvalue weighted by molar-refractivity contribution is 8.00. The maximum absolute atomic E-state index is 13.0. The second-order valence-corrected chi connectivity index (χ2v) is 8.72. The fourth-order valence-electron chi connectivity index (χ4n) is 4.21. The van der Waals surface area contributed by atoms with E-state index in [-0.39, 0.29) is 17.3 Å². The highest BCUT2D eigenvalue weighted by Crippen LogP contribution is 2.45. The van der Waals surface area contributed by atoms with E-state index in [1.807, 2.05) is 23.9 Å². The van der Waals surface area contributed by atoms with Gasteiger partial charge in [0.15, 0.2) is 5.78 Å². The van der Waals surface area contributed by atoms with Crippen molar-refractivity contribution in [2.75, 3.05) is 19.6 Å². The zero-order valence-corrected chi connectivity index (χ0v) is 15.3. The van der Waals surface area contributed by atoms with E-state index in [0.717, 1.165) is 30.8 Å². The number of carbonyl (C=O) groups excluding carboxylic acids is 1. The Morgan fingerprint density at radius 2 is 1.65 bits per heavy atom. The quantitative estimate of drug-likeness (QED) is 0.799. The van der Waals surface area contributed by atoms with E-state index in [2.05, 4.69) is 4.90 Å². The number of hydrogen-bond acceptors (Lipinski definition) is 4. The number of ketones is 1. The van der Waals surface area contributed by atoms with E-state index in [4.69, 9.17) is 0 Å². The number of benzene rings is 2. The van der Waals surface area contributed by atoms with Gasteiger partial charge in [0.25, 0.3) is 0 Å². The molecule has 3 atom stereocenters. The Kier molecular flexibility index (Phi) is 5.00. The molecule has 1 saturated carbocycles. The number of Topliss-reactive ketones (excluding diaryl/α,β-unsaturated/α-hetero) is 1. The van der Waals surface area contributed by atoms with Crippen molar-refractivity contribution in [3.63, 3.8) is 0 Å². The van der Waals surface area contributed by atoms with Crippen molar-refractivity contribution >= 4 is 17.5 Å². The first-order valence-corrected chi connectivity index (χ1v) is 9.91. The van der Waals surface area contributed by atoms with Gasteiger partial charge >= 0.3 is 0 Å². The lowest BCUT2D eigenvalue weighted by molar-refractivity contribution is 0.0941. The number of carbonyl (C=O) groups is 1. The van der Waals surface area contributed by atoms with Crippen molar-refractivity contribution in [3.05, 3.63) is 59.9 Å². The lowest BCUT2D eigenvalue weighted by atomic mass is 10.0. The van der Waals surface area contributed by atoms with Crippen molar-refractivity contribution in [3.8, 4) is 5.75 Å². The number of likely N-dealkylation sites (tertiary alicyclic amines) is 1. The molecule has 4 rings (SSSR count). The van der Waals surface area contributed by atoms with E-state index >= 15 is 0 Å². The molecule has 2 aliphatic rings. The molecule has 1 N–H and O–H groups in total.